The van der Waals surface area contributed by atoms with E-state index in [0.717, 1.165) is 11.4 Å². The maximum Gasteiger partial charge on any atom is 0.272 e. The monoisotopic (exact) mass is 228 g/mol. The van der Waals surface area contributed by atoms with Gasteiger partial charge >= 0.3 is 0 Å². The van der Waals surface area contributed by atoms with E-state index in [4.69, 9.17) is 5.84 Å². The van der Waals surface area contributed by atoms with Crippen molar-refractivity contribution in [3.63, 3.8) is 0 Å². The highest BCUT2D eigenvalue weighted by Gasteiger charge is 2.38. The summed E-state index contributed by atoms with van der Waals surface area (Å²) in [7, 11) is 0. The third-order valence-corrected chi connectivity index (χ3v) is 2.60. The van der Waals surface area contributed by atoms with Crippen LogP contribution in [0.1, 0.15) is 0 Å². The molecule has 0 saturated heterocycles. The van der Waals surface area contributed by atoms with Crippen molar-refractivity contribution in [1.82, 2.24) is 10.3 Å². The molecular formula is C11H12N6. The molecule has 4 N–H and O–H groups in total. The van der Waals surface area contributed by atoms with Crippen LogP contribution in [-0.2, 0) is 0 Å². The number of fused-ring (bicyclic) bond motifs is 1. The molecule has 2 heterocycles. The van der Waals surface area contributed by atoms with E-state index < -0.39 is 5.79 Å². The number of nitrogens with one attached hydrogen (secondary N) is 2. The Labute approximate surface area is 98.5 Å². The number of benzene rings is 1. The molecule has 6 nitrogen and oxygen atoms in total. The number of hydrogen-bond donors (Lipinski definition) is 3. The summed E-state index contributed by atoms with van der Waals surface area (Å²) < 4.78 is 0. The van der Waals surface area contributed by atoms with Crippen molar-refractivity contribution < 1.29 is 0 Å². The highest BCUT2D eigenvalue weighted by molar-refractivity contribution is 5.71. The molecule has 2 aliphatic rings. The van der Waals surface area contributed by atoms with Crippen LogP contribution < -0.4 is 16.5 Å². The second-order valence-corrected chi connectivity index (χ2v) is 3.80. The Balaban J connectivity index is 1.93. The van der Waals surface area contributed by atoms with Gasteiger partial charge in [-0.2, -0.15) is 0 Å². The molecular weight excluding hydrogens is 216 g/mol. The van der Waals surface area contributed by atoms with Gasteiger partial charge in [-0.3, -0.25) is 5.01 Å². The van der Waals surface area contributed by atoms with Crippen LogP contribution in [0.5, 0.6) is 0 Å². The number of aliphatic imine (C=N–C) groups is 2. The first-order chi connectivity index (χ1) is 8.28. The minimum absolute atomic E-state index is 0.798. The summed E-state index contributed by atoms with van der Waals surface area (Å²) in [5.74, 6) is 4.82. The molecule has 0 saturated carbocycles. The van der Waals surface area contributed by atoms with Crippen LogP contribution in [0.3, 0.4) is 0 Å². The number of nitrogens with two attached hydrogens (primary N) is 1. The molecule has 1 unspecified atom stereocenters. The Kier molecular flexibility index (Phi) is 2.09. The van der Waals surface area contributed by atoms with Crippen LogP contribution in [0.15, 0.2) is 52.2 Å². The molecule has 2 aliphatic heterocycles. The van der Waals surface area contributed by atoms with Crippen molar-refractivity contribution in [2.24, 2.45) is 15.8 Å². The lowest BCUT2D eigenvalue weighted by Crippen LogP contribution is -2.43. The molecule has 3 rings (SSSR count). The average molecular weight is 228 g/mol. The first-order valence-electron chi connectivity index (χ1n) is 5.23. The third-order valence-electron chi connectivity index (χ3n) is 2.60. The van der Waals surface area contributed by atoms with Gasteiger partial charge in [-0.05, 0) is 12.1 Å². The normalized spacial score (nSPS) is 25.2. The Bertz CT molecular complexity index is 506. The zero-order valence-electron chi connectivity index (χ0n) is 9.04. The molecule has 0 aromatic heterocycles. The molecule has 17 heavy (non-hydrogen) atoms. The van der Waals surface area contributed by atoms with Gasteiger partial charge in [0.2, 0.25) is 0 Å². The van der Waals surface area contributed by atoms with Gasteiger partial charge in [0, 0.05) is 11.9 Å². The topological polar surface area (TPSA) is 78.0 Å². The third kappa shape index (κ3) is 1.64. The van der Waals surface area contributed by atoms with Crippen molar-refractivity contribution >= 4 is 18.4 Å². The van der Waals surface area contributed by atoms with E-state index in [-0.39, 0.29) is 0 Å². The number of nitrogens with zero attached hydrogens (tertiary/aromatic N) is 3. The van der Waals surface area contributed by atoms with Gasteiger partial charge in [0.15, 0.2) is 0 Å². The highest BCUT2D eigenvalue weighted by atomic mass is 15.5. The van der Waals surface area contributed by atoms with Crippen molar-refractivity contribution in [3.05, 3.63) is 42.2 Å². The van der Waals surface area contributed by atoms with Gasteiger partial charge < -0.3 is 10.6 Å². The fourth-order valence-electron chi connectivity index (χ4n) is 1.78. The second kappa shape index (κ2) is 3.60. The minimum atomic E-state index is -0.808. The Morgan fingerprint density at radius 1 is 1.24 bits per heavy atom. The molecule has 6 heteroatoms. The summed E-state index contributed by atoms with van der Waals surface area (Å²) in [6.45, 7) is 0. The van der Waals surface area contributed by atoms with Crippen LogP contribution in [0, 0.1) is 0 Å². The average Bonchev–Trinajstić information content (AvgIpc) is 2.73. The number of anilines is 1. The van der Waals surface area contributed by atoms with E-state index in [1.54, 1.807) is 12.5 Å². The first kappa shape index (κ1) is 9.86. The van der Waals surface area contributed by atoms with Gasteiger partial charge in [-0.15, -0.1) is 0 Å². The highest BCUT2D eigenvalue weighted by Crippen LogP contribution is 2.28. The van der Waals surface area contributed by atoms with Crippen LogP contribution in [0.2, 0.25) is 0 Å². The lowest BCUT2D eigenvalue weighted by Gasteiger charge is -2.29. The predicted octanol–water partition coefficient (Wildman–Crippen LogP) is 0.443. The van der Waals surface area contributed by atoms with Gasteiger partial charge in [0.25, 0.3) is 5.79 Å². The molecule has 0 radical (unpaired) electrons. The first-order valence-corrected chi connectivity index (χ1v) is 5.23. The Hall–Kier alpha value is -2.34. The minimum Gasteiger partial charge on any atom is -0.343 e. The van der Waals surface area contributed by atoms with Crippen LogP contribution in [0.25, 0.3) is 0 Å². The lowest BCUT2D eigenvalue weighted by atomic mass is 10.2. The van der Waals surface area contributed by atoms with Crippen molar-refractivity contribution in [3.8, 4) is 0 Å². The maximum atomic E-state index is 5.63. The SMILES string of the molecule is NN1C=NC2(Nc3ccccc3)N=CNC2=C1. The number of rotatable bonds is 2. The smallest absolute Gasteiger partial charge is 0.272 e. The quantitative estimate of drug-likeness (QED) is 0.642. The Morgan fingerprint density at radius 2 is 2.06 bits per heavy atom. The molecule has 1 aromatic rings. The summed E-state index contributed by atoms with van der Waals surface area (Å²) in [5.41, 5.74) is 1.74. The molecule has 0 fully saturated rings. The zero-order valence-corrected chi connectivity index (χ0v) is 9.04. The molecule has 1 aromatic carbocycles. The van der Waals surface area contributed by atoms with E-state index in [0.29, 0.717) is 0 Å². The van der Waals surface area contributed by atoms with Gasteiger partial charge in [0.05, 0.1) is 6.34 Å². The molecule has 0 amide bonds. The molecule has 0 bridgehead atoms. The summed E-state index contributed by atoms with van der Waals surface area (Å²) in [6.07, 6.45) is 4.89. The fraction of sp³-hybridized carbons (Fsp3) is 0.0909. The van der Waals surface area contributed by atoms with Crippen molar-refractivity contribution in [2.75, 3.05) is 5.32 Å². The lowest BCUT2D eigenvalue weighted by molar-refractivity contribution is 0.513. The van der Waals surface area contributed by atoms with Crippen LogP contribution in [0.4, 0.5) is 5.69 Å². The van der Waals surface area contributed by atoms with E-state index in [9.17, 15) is 0 Å². The van der Waals surface area contributed by atoms with E-state index >= 15 is 0 Å². The number of para-hydroxylation sites is 1. The van der Waals surface area contributed by atoms with Crippen LogP contribution in [-0.4, -0.2) is 23.5 Å². The van der Waals surface area contributed by atoms with Crippen molar-refractivity contribution in [2.45, 2.75) is 5.79 Å². The van der Waals surface area contributed by atoms with Gasteiger partial charge in [-0.1, -0.05) is 18.2 Å². The fourth-order valence-corrected chi connectivity index (χ4v) is 1.78. The Morgan fingerprint density at radius 3 is 2.88 bits per heavy atom. The molecule has 1 atom stereocenters. The van der Waals surface area contributed by atoms with Gasteiger partial charge in [-0.25, -0.2) is 15.8 Å². The largest absolute Gasteiger partial charge is 0.343 e. The van der Waals surface area contributed by atoms with E-state index in [1.807, 2.05) is 30.3 Å². The summed E-state index contributed by atoms with van der Waals surface area (Å²) >= 11 is 0. The summed E-state index contributed by atoms with van der Waals surface area (Å²) in [6, 6.07) is 9.79. The maximum absolute atomic E-state index is 5.63. The molecule has 0 spiro atoms. The van der Waals surface area contributed by atoms with Crippen molar-refractivity contribution in [1.29, 1.82) is 0 Å². The van der Waals surface area contributed by atoms with E-state index in [2.05, 4.69) is 20.6 Å². The molecule has 0 aliphatic carbocycles. The van der Waals surface area contributed by atoms with E-state index in [1.165, 1.54) is 11.3 Å². The predicted molar refractivity (Wildman–Crippen MR) is 67.0 cm³/mol. The second-order valence-electron chi connectivity index (χ2n) is 3.80. The number of hydrazine groups is 1. The van der Waals surface area contributed by atoms with Crippen LogP contribution >= 0.6 is 0 Å². The summed E-state index contributed by atoms with van der Waals surface area (Å²) in [4.78, 5) is 8.66. The van der Waals surface area contributed by atoms with Gasteiger partial charge in [0.1, 0.15) is 12.0 Å². The zero-order chi connectivity index (χ0) is 11.7. The standard InChI is InChI=1S/C11H12N6/c12-17-6-10-11(15-8-17,14-7-13-10)16-9-4-2-1-3-5-9/h1-8,16H,12H2,(H,13,14). The molecule has 86 valence electrons. The summed E-state index contributed by atoms with van der Waals surface area (Å²) in [5, 5.41) is 7.68. The number of hydrogen-bond acceptors (Lipinski definition) is 6.